The molecule has 0 bridgehead atoms. The number of hydrogen-bond donors (Lipinski definition) is 2. The predicted octanol–water partition coefficient (Wildman–Crippen LogP) is 3.09. The van der Waals surface area contributed by atoms with Crippen molar-refractivity contribution in [2.45, 2.75) is 13.1 Å². The number of hydrogen-bond acceptors (Lipinski definition) is 3. The second-order valence-electron chi connectivity index (χ2n) is 5.29. The first kappa shape index (κ1) is 17.0. The summed E-state index contributed by atoms with van der Waals surface area (Å²) in [7, 11) is 0. The first-order chi connectivity index (χ1) is 12.1. The van der Waals surface area contributed by atoms with Crippen molar-refractivity contribution in [2.75, 3.05) is 5.32 Å². The van der Waals surface area contributed by atoms with Crippen LogP contribution >= 0.6 is 12.2 Å². The Bertz CT molecular complexity index is 863. The summed E-state index contributed by atoms with van der Waals surface area (Å²) in [6, 6.07) is 12.6. The molecule has 0 saturated carbocycles. The maximum atomic E-state index is 13.6. The molecule has 0 atom stereocenters. The molecule has 25 heavy (non-hydrogen) atoms. The maximum Gasteiger partial charge on any atom is 0.248 e. The molecule has 1 aromatic heterocycles. The van der Waals surface area contributed by atoms with E-state index in [0.717, 1.165) is 5.56 Å². The minimum Gasteiger partial charge on any atom is -0.358 e. The van der Waals surface area contributed by atoms with Gasteiger partial charge in [-0.25, -0.2) is 18.4 Å². The largest absolute Gasteiger partial charge is 0.358 e. The quantitative estimate of drug-likeness (QED) is 0.686. The van der Waals surface area contributed by atoms with Crippen LogP contribution in [0.1, 0.15) is 11.1 Å². The first-order valence-electron chi connectivity index (χ1n) is 7.52. The second-order valence-corrected chi connectivity index (χ2v) is 5.70. The summed E-state index contributed by atoms with van der Waals surface area (Å²) in [6.07, 6.45) is 1.50. The van der Waals surface area contributed by atoms with Gasteiger partial charge in [-0.05, 0) is 36.0 Å². The summed E-state index contributed by atoms with van der Waals surface area (Å²) >= 11 is 5.18. The van der Waals surface area contributed by atoms with E-state index in [1.165, 1.54) is 29.2 Å². The number of rotatable bonds is 5. The average molecular weight is 359 g/mol. The molecule has 3 aromatic rings. The molecule has 0 radical (unpaired) electrons. The van der Waals surface area contributed by atoms with Gasteiger partial charge in [0, 0.05) is 12.1 Å². The Morgan fingerprint density at radius 2 is 1.84 bits per heavy atom. The number of aromatic nitrogens is 3. The Morgan fingerprint density at radius 1 is 1.08 bits per heavy atom. The molecule has 2 aromatic carbocycles. The molecule has 1 heterocycles. The maximum absolute atomic E-state index is 13.6. The third kappa shape index (κ3) is 4.80. The van der Waals surface area contributed by atoms with E-state index in [1.807, 2.05) is 0 Å². The van der Waals surface area contributed by atoms with Gasteiger partial charge in [0.05, 0.1) is 6.54 Å². The standard InChI is InChI=1S/C17H15F2N5S/c18-14-7-5-12(6-8-14)9-20-17(25)22-16-21-11-24(23-16)10-13-3-1-2-4-15(13)19/h1-8,11H,9-10H2,(H2,20,22,23,25). The minimum absolute atomic E-state index is 0.275. The molecular weight excluding hydrogens is 344 g/mol. The number of anilines is 1. The molecule has 0 aliphatic rings. The second kappa shape index (κ2) is 7.80. The SMILES string of the molecule is Fc1ccc(CNC(=S)Nc2ncn(Cc3ccccc3F)n2)cc1. The average Bonchev–Trinajstić information content (AvgIpc) is 3.03. The van der Waals surface area contributed by atoms with Crippen molar-refractivity contribution in [1.82, 2.24) is 20.1 Å². The fourth-order valence-corrected chi connectivity index (χ4v) is 2.32. The lowest BCUT2D eigenvalue weighted by molar-refractivity contribution is 0.585. The molecule has 0 unspecified atom stereocenters. The van der Waals surface area contributed by atoms with Gasteiger partial charge in [0.15, 0.2) is 5.11 Å². The molecule has 0 aliphatic heterocycles. The highest BCUT2D eigenvalue weighted by atomic mass is 32.1. The Labute approximate surface area is 148 Å². The van der Waals surface area contributed by atoms with Crippen LogP contribution < -0.4 is 10.6 Å². The molecule has 0 spiro atoms. The summed E-state index contributed by atoms with van der Waals surface area (Å²) in [6.45, 7) is 0.721. The number of nitrogens with one attached hydrogen (secondary N) is 2. The van der Waals surface area contributed by atoms with Gasteiger partial charge in [0.1, 0.15) is 18.0 Å². The van der Waals surface area contributed by atoms with Crippen LogP contribution in [-0.4, -0.2) is 19.9 Å². The van der Waals surface area contributed by atoms with Gasteiger partial charge in [-0.2, -0.15) is 0 Å². The summed E-state index contributed by atoms with van der Waals surface area (Å²) in [4.78, 5) is 4.09. The normalized spacial score (nSPS) is 10.5. The zero-order valence-corrected chi connectivity index (χ0v) is 13.9. The van der Waals surface area contributed by atoms with Gasteiger partial charge in [0.25, 0.3) is 0 Å². The fourth-order valence-electron chi connectivity index (χ4n) is 2.16. The van der Waals surface area contributed by atoms with Gasteiger partial charge >= 0.3 is 0 Å². The Hall–Kier alpha value is -2.87. The van der Waals surface area contributed by atoms with Gasteiger partial charge in [-0.1, -0.05) is 30.3 Å². The van der Waals surface area contributed by atoms with Crippen LogP contribution in [-0.2, 0) is 13.1 Å². The third-order valence-electron chi connectivity index (χ3n) is 3.42. The van der Waals surface area contributed by atoms with E-state index in [1.54, 1.807) is 30.3 Å². The lowest BCUT2D eigenvalue weighted by atomic mass is 10.2. The van der Waals surface area contributed by atoms with Crippen molar-refractivity contribution in [3.63, 3.8) is 0 Å². The summed E-state index contributed by atoms with van der Waals surface area (Å²) in [5, 5.41) is 10.4. The molecule has 0 fully saturated rings. The van der Waals surface area contributed by atoms with E-state index >= 15 is 0 Å². The molecule has 0 amide bonds. The van der Waals surface area contributed by atoms with E-state index in [9.17, 15) is 8.78 Å². The van der Waals surface area contributed by atoms with E-state index in [-0.39, 0.29) is 18.2 Å². The highest BCUT2D eigenvalue weighted by Crippen LogP contribution is 2.08. The van der Waals surface area contributed by atoms with Gasteiger partial charge < -0.3 is 5.32 Å². The van der Waals surface area contributed by atoms with Crippen molar-refractivity contribution in [3.8, 4) is 0 Å². The van der Waals surface area contributed by atoms with Crippen molar-refractivity contribution >= 4 is 23.3 Å². The zero-order valence-electron chi connectivity index (χ0n) is 13.1. The Kier molecular flexibility index (Phi) is 5.30. The van der Waals surface area contributed by atoms with Gasteiger partial charge in [-0.3, -0.25) is 5.32 Å². The number of benzene rings is 2. The van der Waals surface area contributed by atoms with Crippen LogP contribution in [0.2, 0.25) is 0 Å². The molecule has 8 heteroatoms. The van der Waals surface area contributed by atoms with E-state index in [2.05, 4.69) is 20.7 Å². The summed E-state index contributed by atoms with van der Waals surface area (Å²) in [5.41, 5.74) is 1.42. The summed E-state index contributed by atoms with van der Waals surface area (Å²) in [5.74, 6) is -0.258. The number of thiocarbonyl (C=S) groups is 1. The van der Waals surface area contributed by atoms with Crippen LogP contribution in [0.3, 0.4) is 0 Å². The molecule has 128 valence electrons. The number of nitrogens with zero attached hydrogens (tertiary/aromatic N) is 3. The molecule has 0 saturated heterocycles. The monoisotopic (exact) mass is 359 g/mol. The van der Waals surface area contributed by atoms with Gasteiger partial charge in [0.2, 0.25) is 5.95 Å². The van der Waals surface area contributed by atoms with Crippen molar-refractivity contribution in [1.29, 1.82) is 0 Å². The van der Waals surface area contributed by atoms with Crippen LogP contribution in [0.15, 0.2) is 54.9 Å². The Morgan fingerprint density at radius 3 is 2.60 bits per heavy atom. The molecule has 5 nitrogen and oxygen atoms in total. The van der Waals surface area contributed by atoms with Crippen LogP contribution in [0, 0.1) is 11.6 Å². The molecule has 0 aliphatic carbocycles. The van der Waals surface area contributed by atoms with Crippen LogP contribution in [0.5, 0.6) is 0 Å². The lowest BCUT2D eigenvalue weighted by Gasteiger charge is -2.08. The minimum atomic E-state index is -0.288. The van der Waals surface area contributed by atoms with E-state index in [4.69, 9.17) is 12.2 Å². The van der Waals surface area contributed by atoms with Crippen molar-refractivity contribution in [2.24, 2.45) is 0 Å². The van der Waals surface area contributed by atoms with Crippen molar-refractivity contribution in [3.05, 3.63) is 77.6 Å². The topological polar surface area (TPSA) is 54.8 Å². The smallest absolute Gasteiger partial charge is 0.248 e. The molecule has 3 rings (SSSR count). The van der Waals surface area contributed by atoms with Crippen LogP contribution in [0.25, 0.3) is 0 Å². The molecular formula is C17H15F2N5S. The Balaban J connectivity index is 1.53. The van der Waals surface area contributed by atoms with E-state index < -0.39 is 0 Å². The first-order valence-corrected chi connectivity index (χ1v) is 7.93. The fraction of sp³-hybridized carbons (Fsp3) is 0.118. The van der Waals surface area contributed by atoms with Crippen molar-refractivity contribution < 1.29 is 8.78 Å². The lowest BCUT2D eigenvalue weighted by Crippen LogP contribution is -2.28. The third-order valence-corrected chi connectivity index (χ3v) is 3.66. The molecule has 2 N–H and O–H groups in total. The van der Waals surface area contributed by atoms with Gasteiger partial charge in [-0.15, -0.1) is 5.10 Å². The predicted molar refractivity (Wildman–Crippen MR) is 95.0 cm³/mol. The highest BCUT2D eigenvalue weighted by Gasteiger charge is 2.06. The highest BCUT2D eigenvalue weighted by molar-refractivity contribution is 7.80. The number of halogens is 2. The summed E-state index contributed by atoms with van der Waals surface area (Å²) < 4.78 is 28.0. The van der Waals surface area contributed by atoms with Crippen LogP contribution in [0.4, 0.5) is 14.7 Å². The zero-order chi connectivity index (χ0) is 17.6. The van der Waals surface area contributed by atoms with E-state index in [0.29, 0.717) is 23.2 Å².